The summed E-state index contributed by atoms with van der Waals surface area (Å²) < 4.78 is 2.25. The Hall–Kier alpha value is -2.02. The van der Waals surface area contributed by atoms with Crippen LogP contribution in [0.5, 0.6) is 0 Å². The molecule has 39 heavy (non-hydrogen) atoms. The Balaban J connectivity index is 0.000000192. The molecule has 0 fully saturated rings. The summed E-state index contributed by atoms with van der Waals surface area (Å²) in [5.41, 5.74) is 4.61. The van der Waals surface area contributed by atoms with Crippen LogP contribution in [-0.2, 0) is 41.5 Å². The van der Waals surface area contributed by atoms with E-state index < -0.39 is 8.07 Å². The number of hydrogen-bond acceptors (Lipinski definition) is 0. The van der Waals surface area contributed by atoms with Gasteiger partial charge < -0.3 is 0 Å². The van der Waals surface area contributed by atoms with Crippen LogP contribution in [0.3, 0.4) is 0 Å². The zero-order valence-corrected chi connectivity index (χ0v) is 29.0. The molecule has 1 aliphatic carbocycles. The first kappa shape index (κ1) is 31.5. The van der Waals surface area contributed by atoms with E-state index in [1.54, 1.807) is 5.20 Å². The molecule has 0 saturated heterocycles. The van der Waals surface area contributed by atoms with E-state index in [2.05, 4.69) is 150 Å². The summed E-state index contributed by atoms with van der Waals surface area (Å²) in [6.07, 6.45) is 9.82. The normalized spacial score (nSPS) is 13.5. The average Bonchev–Trinajstić information content (AvgIpc) is 3.52. The van der Waals surface area contributed by atoms with Gasteiger partial charge in [0.2, 0.25) is 0 Å². The molecule has 2 heteroatoms. The molecule has 0 unspecified atom stereocenters. The van der Waals surface area contributed by atoms with E-state index >= 15 is 0 Å². The zero-order chi connectivity index (χ0) is 28.8. The molecule has 1 aliphatic rings. The van der Waals surface area contributed by atoms with Crippen molar-refractivity contribution in [3.05, 3.63) is 113 Å². The van der Waals surface area contributed by atoms with Crippen molar-refractivity contribution >= 4 is 33.3 Å². The maximum absolute atomic E-state index is 3.20. The molecule has 0 spiro atoms. The Morgan fingerprint density at radius 2 is 1.31 bits per heavy atom. The fourth-order valence-corrected chi connectivity index (χ4v) is 6.41. The standard InChI is InChI=1S/C21H25.C8H13Si.C8H8.Zr/c1-20(2,3)16-9-7-14-11-15-8-10-17(21(4,5)6)13-19(15)18(14)12-16;1-9(2,3)8-6-4-5-7-8;1-2-8-6-4-3-5-7-8;/h7-13H,1-6H3;6-7H,4H2,1-3H3;1,3-7H,2H2;/q2*-1;;+2. The fourth-order valence-electron chi connectivity index (χ4n) is 4.58. The van der Waals surface area contributed by atoms with Gasteiger partial charge in [-0.05, 0) is 18.9 Å². The molecule has 0 atom stereocenters. The van der Waals surface area contributed by atoms with Gasteiger partial charge in [-0.3, -0.25) is 6.08 Å². The van der Waals surface area contributed by atoms with Gasteiger partial charge in [-0.2, -0.15) is 6.08 Å². The van der Waals surface area contributed by atoms with E-state index in [0.29, 0.717) is 0 Å². The van der Waals surface area contributed by atoms with Gasteiger partial charge in [0.1, 0.15) is 0 Å². The second-order valence-electron chi connectivity index (χ2n) is 13.6. The van der Waals surface area contributed by atoms with E-state index in [9.17, 15) is 0 Å². The van der Waals surface area contributed by atoms with E-state index in [-0.39, 0.29) is 10.8 Å². The minimum atomic E-state index is -0.981. The Labute approximate surface area is 253 Å². The molecule has 202 valence electrons. The van der Waals surface area contributed by atoms with Crippen molar-refractivity contribution in [2.24, 2.45) is 0 Å². The molecule has 0 aromatic heterocycles. The number of rotatable bonds is 3. The van der Waals surface area contributed by atoms with Crippen molar-refractivity contribution in [2.75, 3.05) is 0 Å². The van der Waals surface area contributed by atoms with Gasteiger partial charge in [0, 0.05) is 0 Å². The van der Waals surface area contributed by atoms with Crippen LogP contribution in [0.1, 0.15) is 64.7 Å². The topological polar surface area (TPSA) is 0 Å². The van der Waals surface area contributed by atoms with Gasteiger partial charge >= 0.3 is 70.3 Å². The Kier molecular flexibility index (Phi) is 10.6. The maximum atomic E-state index is 3.20. The van der Waals surface area contributed by atoms with Crippen LogP contribution >= 0.6 is 0 Å². The Bertz CT molecular complexity index is 1380. The van der Waals surface area contributed by atoms with Crippen molar-refractivity contribution in [1.82, 2.24) is 0 Å². The van der Waals surface area contributed by atoms with Crippen LogP contribution in [-0.4, -0.2) is 11.8 Å². The molecule has 4 aromatic rings. The minimum absolute atomic E-state index is 0.194. The van der Waals surface area contributed by atoms with E-state index in [4.69, 9.17) is 0 Å². The average molecular weight is 610 g/mol. The van der Waals surface area contributed by atoms with E-state index in [1.165, 1.54) is 62.5 Å². The Morgan fingerprint density at radius 1 is 0.795 bits per heavy atom. The van der Waals surface area contributed by atoms with Crippen LogP contribution in [0, 0.1) is 6.08 Å². The van der Waals surface area contributed by atoms with Gasteiger partial charge in [0.25, 0.3) is 0 Å². The summed E-state index contributed by atoms with van der Waals surface area (Å²) in [4.78, 5) is 0. The number of fused-ring (bicyclic) bond motifs is 3. The monoisotopic (exact) mass is 608 g/mol. The second-order valence-corrected chi connectivity index (χ2v) is 19.7. The van der Waals surface area contributed by atoms with Crippen molar-refractivity contribution < 1.29 is 24.2 Å². The number of hydrogen-bond donors (Lipinski definition) is 0. The molecule has 0 amide bonds. The van der Waals surface area contributed by atoms with Crippen LogP contribution < -0.4 is 0 Å². The third kappa shape index (κ3) is 8.99. The summed E-state index contributed by atoms with van der Waals surface area (Å²) in [5, 5.41) is 7.04. The van der Waals surface area contributed by atoms with Crippen LogP contribution in [0.25, 0.3) is 21.5 Å². The van der Waals surface area contributed by atoms with Crippen molar-refractivity contribution in [2.45, 2.75) is 84.9 Å². The summed E-state index contributed by atoms with van der Waals surface area (Å²) in [6, 6.07) is 26.7. The molecule has 0 heterocycles. The van der Waals surface area contributed by atoms with Crippen LogP contribution in [0.15, 0.2) is 90.1 Å². The molecule has 4 aromatic carbocycles. The van der Waals surface area contributed by atoms with Gasteiger partial charge in [0.05, 0.1) is 0 Å². The van der Waals surface area contributed by atoms with Gasteiger partial charge in [-0.25, -0.2) is 11.3 Å². The molecule has 0 saturated carbocycles. The van der Waals surface area contributed by atoms with E-state index in [0.717, 1.165) is 12.8 Å². The van der Waals surface area contributed by atoms with Crippen molar-refractivity contribution in [1.29, 1.82) is 0 Å². The van der Waals surface area contributed by atoms with Crippen molar-refractivity contribution in [3.8, 4) is 0 Å². The summed E-state index contributed by atoms with van der Waals surface area (Å²) >= 11 is 1.51. The number of allylic oxidation sites excluding steroid dienone is 4. The summed E-state index contributed by atoms with van der Waals surface area (Å²) in [7, 11) is -0.981. The fraction of sp³-hybridized carbons (Fsp3) is 0.351. The molecular formula is C37H46SiZr. The van der Waals surface area contributed by atoms with Crippen molar-refractivity contribution in [3.63, 3.8) is 0 Å². The predicted molar refractivity (Wildman–Crippen MR) is 175 cm³/mol. The number of benzene rings is 3. The zero-order valence-electron chi connectivity index (χ0n) is 25.6. The van der Waals surface area contributed by atoms with Gasteiger partial charge in [0.15, 0.2) is 0 Å². The third-order valence-electron chi connectivity index (χ3n) is 7.18. The molecular weight excluding hydrogens is 564 g/mol. The third-order valence-corrected chi connectivity index (χ3v) is 9.77. The molecule has 0 aliphatic heterocycles. The molecule has 0 N–H and O–H groups in total. The first-order valence-corrected chi connectivity index (χ1v) is 19.1. The molecule has 0 bridgehead atoms. The first-order chi connectivity index (χ1) is 18.2. The van der Waals surface area contributed by atoms with Crippen LogP contribution in [0.4, 0.5) is 0 Å². The summed E-state index contributed by atoms with van der Waals surface area (Å²) in [6.45, 7) is 20.8. The van der Waals surface area contributed by atoms with Crippen LogP contribution in [0.2, 0.25) is 19.6 Å². The quantitative estimate of drug-likeness (QED) is 0.160. The second kappa shape index (κ2) is 13.1. The molecule has 5 rings (SSSR count). The van der Waals surface area contributed by atoms with Gasteiger partial charge in [-0.15, -0.1) is 46.2 Å². The summed E-state index contributed by atoms with van der Waals surface area (Å²) in [5.74, 6) is 0. The Morgan fingerprint density at radius 3 is 1.67 bits per heavy atom. The molecule has 0 radical (unpaired) electrons. The first-order valence-electron chi connectivity index (χ1n) is 14.1. The molecule has 0 nitrogen and oxygen atoms in total. The predicted octanol–water partition coefficient (Wildman–Crippen LogP) is 10.4. The van der Waals surface area contributed by atoms with E-state index in [1.807, 2.05) is 6.07 Å². The van der Waals surface area contributed by atoms with Gasteiger partial charge in [-0.1, -0.05) is 96.6 Å². The SMILES string of the molecule is CC(C)(C)c1ccc2[cH-]c3ccc(C(C)(C)C)cc3c2c1.C[Si](C)(C)C1=CC[C-]=C1.[Zr+2]=[CH]Cc1ccccc1.